The van der Waals surface area contributed by atoms with Crippen LogP contribution in [0.1, 0.15) is 18.1 Å². The molecule has 0 bridgehead atoms. The molecular weight excluding hydrogens is 331 g/mol. The van der Waals surface area contributed by atoms with Gasteiger partial charge in [-0.05, 0) is 48.7 Å². The van der Waals surface area contributed by atoms with Gasteiger partial charge in [-0.25, -0.2) is 4.39 Å². The van der Waals surface area contributed by atoms with Crippen LogP contribution in [-0.4, -0.2) is 13.1 Å². The minimum absolute atomic E-state index is 0.143. The minimum atomic E-state index is -0.204. The fourth-order valence-corrected chi connectivity index (χ4v) is 2.77. The number of anilines is 1. The summed E-state index contributed by atoms with van der Waals surface area (Å²) in [6, 6.07) is 13.0. The highest BCUT2D eigenvalue weighted by molar-refractivity contribution is 9.10. The summed E-state index contributed by atoms with van der Waals surface area (Å²) in [6.07, 6.45) is 0.850. The molecule has 2 N–H and O–H groups in total. The van der Waals surface area contributed by atoms with Crippen molar-refractivity contribution in [2.75, 3.05) is 11.9 Å². The van der Waals surface area contributed by atoms with Crippen LogP contribution in [0.25, 0.3) is 0 Å². The summed E-state index contributed by atoms with van der Waals surface area (Å²) in [5, 5.41) is 0. The second kappa shape index (κ2) is 7.05. The molecule has 0 saturated carbocycles. The molecule has 0 aromatic heterocycles. The highest BCUT2D eigenvalue weighted by atomic mass is 79.9. The molecule has 21 heavy (non-hydrogen) atoms. The van der Waals surface area contributed by atoms with Gasteiger partial charge in [-0.1, -0.05) is 34.1 Å². The highest BCUT2D eigenvalue weighted by Crippen LogP contribution is 2.25. The number of benzene rings is 2. The summed E-state index contributed by atoms with van der Waals surface area (Å²) in [5.74, 6) is -0.204. The van der Waals surface area contributed by atoms with Crippen molar-refractivity contribution in [1.82, 2.24) is 0 Å². The van der Waals surface area contributed by atoms with Crippen LogP contribution in [0.3, 0.4) is 0 Å². The summed E-state index contributed by atoms with van der Waals surface area (Å²) < 4.78 is 14.0. The SMILES string of the molecule is CC(N)Cc1ccc(N(C)Cc2ccc(F)cc2)cc1Br. The first-order chi connectivity index (χ1) is 9.95. The molecule has 0 aliphatic heterocycles. The van der Waals surface area contributed by atoms with Crippen LogP contribution in [0.15, 0.2) is 46.9 Å². The van der Waals surface area contributed by atoms with Crippen LogP contribution in [0.2, 0.25) is 0 Å². The van der Waals surface area contributed by atoms with Gasteiger partial charge in [0.25, 0.3) is 0 Å². The molecule has 2 aromatic rings. The molecule has 1 unspecified atom stereocenters. The number of halogens is 2. The van der Waals surface area contributed by atoms with Crippen molar-refractivity contribution >= 4 is 21.6 Å². The lowest BCUT2D eigenvalue weighted by molar-refractivity contribution is 0.627. The fourth-order valence-electron chi connectivity index (χ4n) is 2.24. The molecule has 0 amide bonds. The Morgan fingerprint density at radius 2 is 1.86 bits per heavy atom. The van der Waals surface area contributed by atoms with Crippen molar-refractivity contribution in [3.8, 4) is 0 Å². The van der Waals surface area contributed by atoms with Crippen molar-refractivity contribution in [2.45, 2.75) is 25.9 Å². The van der Waals surface area contributed by atoms with Gasteiger partial charge in [-0.3, -0.25) is 0 Å². The molecule has 0 radical (unpaired) electrons. The van der Waals surface area contributed by atoms with Gasteiger partial charge in [-0.15, -0.1) is 0 Å². The molecular formula is C17H20BrFN2. The topological polar surface area (TPSA) is 29.3 Å². The van der Waals surface area contributed by atoms with Crippen LogP contribution in [0, 0.1) is 5.82 Å². The van der Waals surface area contributed by atoms with E-state index in [4.69, 9.17) is 5.73 Å². The van der Waals surface area contributed by atoms with E-state index in [-0.39, 0.29) is 11.9 Å². The number of nitrogens with zero attached hydrogens (tertiary/aromatic N) is 1. The Bertz CT molecular complexity index is 596. The van der Waals surface area contributed by atoms with Gasteiger partial charge in [-0.2, -0.15) is 0 Å². The summed E-state index contributed by atoms with van der Waals surface area (Å²) in [4.78, 5) is 2.13. The van der Waals surface area contributed by atoms with Crippen LogP contribution in [0.4, 0.5) is 10.1 Å². The molecule has 0 heterocycles. The van der Waals surface area contributed by atoms with E-state index in [0.29, 0.717) is 0 Å². The van der Waals surface area contributed by atoms with E-state index in [0.717, 1.165) is 28.7 Å². The Balaban J connectivity index is 2.10. The zero-order chi connectivity index (χ0) is 15.4. The number of nitrogens with two attached hydrogens (primary N) is 1. The zero-order valence-electron chi connectivity index (χ0n) is 12.3. The lowest BCUT2D eigenvalue weighted by Crippen LogP contribution is -2.19. The molecule has 1 atom stereocenters. The monoisotopic (exact) mass is 350 g/mol. The van der Waals surface area contributed by atoms with Gasteiger partial charge in [0.15, 0.2) is 0 Å². The first-order valence-corrected chi connectivity index (χ1v) is 7.74. The van der Waals surface area contributed by atoms with E-state index in [1.165, 1.54) is 17.7 Å². The Kier molecular flexibility index (Phi) is 5.37. The van der Waals surface area contributed by atoms with Gasteiger partial charge in [0, 0.05) is 29.8 Å². The molecule has 0 aliphatic rings. The predicted octanol–water partition coefficient (Wildman–Crippen LogP) is 4.11. The Hall–Kier alpha value is -1.39. The fraction of sp³-hybridized carbons (Fsp3) is 0.294. The number of hydrogen-bond acceptors (Lipinski definition) is 2. The van der Waals surface area contributed by atoms with Gasteiger partial charge >= 0.3 is 0 Å². The van der Waals surface area contributed by atoms with Crippen LogP contribution < -0.4 is 10.6 Å². The van der Waals surface area contributed by atoms with E-state index >= 15 is 0 Å². The number of hydrogen-bond donors (Lipinski definition) is 1. The molecule has 0 fully saturated rings. The average Bonchev–Trinajstić information content (AvgIpc) is 2.43. The summed E-state index contributed by atoms with van der Waals surface area (Å²) in [7, 11) is 2.02. The summed E-state index contributed by atoms with van der Waals surface area (Å²) in [6.45, 7) is 2.74. The minimum Gasteiger partial charge on any atom is -0.370 e. The number of rotatable bonds is 5. The van der Waals surface area contributed by atoms with Crippen LogP contribution in [-0.2, 0) is 13.0 Å². The van der Waals surface area contributed by atoms with E-state index < -0.39 is 0 Å². The second-order valence-corrected chi connectivity index (χ2v) is 6.29. The zero-order valence-corrected chi connectivity index (χ0v) is 13.9. The largest absolute Gasteiger partial charge is 0.370 e. The maximum Gasteiger partial charge on any atom is 0.123 e. The van der Waals surface area contributed by atoms with Crippen molar-refractivity contribution < 1.29 is 4.39 Å². The van der Waals surface area contributed by atoms with Crippen molar-refractivity contribution in [2.24, 2.45) is 5.73 Å². The lowest BCUT2D eigenvalue weighted by atomic mass is 10.1. The highest BCUT2D eigenvalue weighted by Gasteiger charge is 2.07. The smallest absolute Gasteiger partial charge is 0.123 e. The van der Waals surface area contributed by atoms with Gasteiger partial charge in [0.1, 0.15) is 5.82 Å². The Labute approximate surface area is 133 Å². The van der Waals surface area contributed by atoms with Crippen molar-refractivity contribution in [3.63, 3.8) is 0 Å². The normalized spacial score (nSPS) is 12.2. The molecule has 2 aromatic carbocycles. The third kappa shape index (κ3) is 4.55. The molecule has 2 nitrogen and oxygen atoms in total. The quantitative estimate of drug-likeness (QED) is 0.878. The maximum atomic E-state index is 12.9. The summed E-state index contributed by atoms with van der Waals surface area (Å²) >= 11 is 3.61. The maximum absolute atomic E-state index is 12.9. The van der Waals surface area contributed by atoms with E-state index in [9.17, 15) is 4.39 Å². The van der Waals surface area contributed by atoms with Crippen LogP contribution in [0.5, 0.6) is 0 Å². The third-order valence-corrected chi connectivity index (χ3v) is 4.09. The van der Waals surface area contributed by atoms with E-state index in [1.807, 2.05) is 26.1 Å². The Morgan fingerprint density at radius 1 is 1.19 bits per heavy atom. The molecule has 2 rings (SSSR count). The third-order valence-electron chi connectivity index (χ3n) is 3.35. The van der Waals surface area contributed by atoms with Gasteiger partial charge in [0.2, 0.25) is 0 Å². The molecule has 0 spiro atoms. The molecule has 4 heteroatoms. The molecule has 0 aliphatic carbocycles. The summed E-state index contributed by atoms with van der Waals surface area (Å²) in [5.41, 5.74) is 9.24. The van der Waals surface area contributed by atoms with E-state index in [1.54, 1.807) is 0 Å². The molecule has 0 saturated heterocycles. The first-order valence-electron chi connectivity index (χ1n) is 6.95. The molecule has 112 valence electrons. The first kappa shape index (κ1) is 16.0. The predicted molar refractivity (Wildman–Crippen MR) is 90.0 cm³/mol. The van der Waals surface area contributed by atoms with Crippen LogP contribution >= 0.6 is 15.9 Å². The average molecular weight is 351 g/mol. The van der Waals surface area contributed by atoms with Crippen molar-refractivity contribution in [3.05, 3.63) is 63.9 Å². The lowest BCUT2D eigenvalue weighted by Gasteiger charge is -2.21. The van der Waals surface area contributed by atoms with Gasteiger partial charge < -0.3 is 10.6 Å². The second-order valence-electron chi connectivity index (χ2n) is 5.44. The Morgan fingerprint density at radius 3 is 2.43 bits per heavy atom. The van der Waals surface area contributed by atoms with Gasteiger partial charge in [0.05, 0.1) is 0 Å². The van der Waals surface area contributed by atoms with Crippen molar-refractivity contribution in [1.29, 1.82) is 0 Å². The standard InChI is InChI=1S/C17H20BrFN2/c1-12(20)9-14-5-8-16(10-17(14)18)21(2)11-13-3-6-15(19)7-4-13/h3-8,10,12H,9,11,20H2,1-2H3. The van der Waals surface area contributed by atoms with E-state index in [2.05, 4.69) is 39.0 Å².